The Labute approximate surface area is 208 Å². The predicted octanol–water partition coefficient (Wildman–Crippen LogP) is 4.68. The Balaban J connectivity index is 0.00000306. The molecule has 2 heterocycles. The molecule has 10 heteroatoms. The van der Waals surface area contributed by atoms with Crippen LogP contribution in [0.25, 0.3) is 10.2 Å². The molecule has 1 amide bonds. The van der Waals surface area contributed by atoms with Crippen LogP contribution in [0.2, 0.25) is 5.02 Å². The third-order valence-corrected chi connectivity index (χ3v) is 6.74. The van der Waals surface area contributed by atoms with Crippen molar-refractivity contribution in [3.63, 3.8) is 0 Å². The van der Waals surface area contributed by atoms with Crippen molar-refractivity contribution in [2.75, 3.05) is 58.5 Å². The van der Waals surface area contributed by atoms with Crippen molar-refractivity contribution >= 4 is 56.6 Å². The Morgan fingerprint density at radius 1 is 1.24 bits per heavy atom. The number of amides is 1. The lowest BCUT2D eigenvalue weighted by atomic mass is 10.1. The summed E-state index contributed by atoms with van der Waals surface area (Å²) in [5.41, 5.74) is 2.27. The highest BCUT2D eigenvalue weighted by Gasteiger charge is 2.27. The molecule has 0 N–H and O–H groups in total. The molecule has 3 aromatic rings. The number of anilines is 1. The molecule has 0 spiro atoms. The Morgan fingerprint density at radius 2 is 2.00 bits per heavy atom. The number of hydrogen-bond acceptors (Lipinski definition) is 7. The zero-order chi connectivity index (χ0) is 22.7. The molecule has 0 saturated carbocycles. The molecular weight excluding hydrogens is 485 g/mol. The van der Waals surface area contributed by atoms with Gasteiger partial charge < -0.3 is 14.2 Å². The van der Waals surface area contributed by atoms with Gasteiger partial charge in [0, 0.05) is 31.2 Å². The number of morpholine rings is 1. The smallest absolute Gasteiger partial charge is 0.264 e. The first-order valence-corrected chi connectivity index (χ1v) is 11.6. The van der Waals surface area contributed by atoms with E-state index < -0.39 is 0 Å². The van der Waals surface area contributed by atoms with Crippen LogP contribution in [0.1, 0.15) is 15.9 Å². The van der Waals surface area contributed by atoms with Crippen molar-refractivity contribution in [2.24, 2.45) is 0 Å². The van der Waals surface area contributed by atoms with Crippen LogP contribution in [0.4, 0.5) is 5.13 Å². The monoisotopic (exact) mass is 511 g/mol. The first-order valence-electron chi connectivity index (χ1n) is 10.4. The normalized spacial score (nSPS) is 14.1. The molecule has 178 valence electrons. The number of rotatable bonds is 7. The first-order chi connectivity index (χ1) is 15.5. The maximum Gasteiger partial charge on any atom is 0.264 e. The van der Waals surface area contributed by atoms with Gasteiger partial charge in [0.2, 0.25) is 0 Å². The van der Waals surface area contributed by atoms with Crippen molar-refractivity contribution < 1.29 is 19.0 Å². The molecule has 0 unspecified atom stereocenters. The fourth-order valence-corrected chi connectivity index (χ4v) is 5.25. The van der Waals surface area contributed by atoms with Crippen LogP contribution in [0.15, 0.2) is 30.3 Å². The lowest BCUT2D eigenvalue weighted by molar-refractivity contribution is 0.0391. The number of ether oxygens (including phenoxy) is 3. The van der Waals surface area contributed by atoms with E-state index >= 15 is 0 Å². The van der Waals surface area contributed by atoms with Crippen LogP contribution in [0, 0.1) is 6.92 Å². The largest absolute Gasteiger partial charge is 0.493 e. The fraction of sp³-hybridized carbons (Fsp3) is 0.391. The number of methoxy groups -OCH3 is 2. The van der Waals surface area contributed by atoms with Gasteiger partial charge in [-0.15, -0.1) is 12.4 Å². The third-order valence-electron chi connectivity index (χ3n) is 5.49. The summed E-state index contributed by atoms with van der Waals surface area (Å²) in [5, 5.41) is 1.29. The number of nitrogens with zero attached hydrogens (tertiary/aromatic N) is 3. The van der Waals surface area contributed by atoms with Gasteiger partial charge >= 0.3 is 0 Å². The molecule has 2 aromatic carbocycles. The molecule has 1 aliphatic heterocycles. The Morgan fingerprint density at radius 3 is 2.70 bits per heavy atom. The van der Waals surface area contributed by atoms with E-state index in [4.69, 9.17) is 30.8 Å². The predicted molar refractivity (Wildman–Crippen MR) is 135 cm³/mol. The molecular formula is C23H27Cl2N3O4S. The average molecular weight is 512 g/mol. The molecule has 1 fully saturated rings. The maximum absolute atomic E-state index is 13.8. The summed E-state index contributed by atoms with van der Waals surface area (Å²) in [7, 11) is 3.10. The minimum Gasteiger partial charge on any atom is -0.493 e. The molecule has 0 radical (unpaired) electrons. The summed E-state index contributed by atoms with van der Waals surface area (Å²) in [5.74, 6) is 0.743. The molecule has 33 heavy (non-hydrogen) atoms. The molecule has 1 aromatic heterocycles. The molecule has 4 rings (SSSR count). The number of para-hydroxylation sites is 1. The molecule has 1 saturated heterocycles. The first kappa shape index (κ1) is 25.5. The number of carbonyl (C=O) groups excluding carboxylic acids is 1. The van der Waals surface area contributed by atoms with Crippen LogP contribution in [-0.2, 0) is 4.74 Å². The van der Waals surface area contributed by atoms with E-state index in [0.717, 1.165) is 35.4 Å². The Kier molecular flexibility index (Phi) is 8.78. The SMILES string of the molecule is COc1cccc(C(=O)N(CCN2CCOCC2)c2nc3c(C)cc(Cl)cc3s2)c1OC.Cl. The Bertz CT molecular complexity index is 1120. The van der Waals surface area contributed by atoms with Crippen LogP contribution >= 0.6 is 35.3 Å². The van der Waals surface area contributed by atoms with Crippen molar-refractivity contribution in [1.29, 1.82) is 0 Å². The van der Waals surface area contributed by atoms with E-state index in [-0.39, 0.29) is 18.3 Å². The number of halogens is 2. The van der Waals surface area contributed by atoms with Gasteiger partial charge in [0.05, 0.1) is 43.2 Å². The van der Waals surface area contributed by atoms with Crippen molar-refractivity contribution in [3.8, 4) is 11.5 Å². The second kappa shape index (κ2) is 11.4. The van der Waals surface area contributed by atoms with Crippen LogP contribution < -0.4 is 14.4 Å². The van der Waals surface area contributed by atoms with Crippen LogP contribution in [-0.4, -0.2) is 69.4 Å². The minimum atomic E-state index is -0.184. The number of aromatic nitrogens is 1. The molecule has 0 aliphatic carbocycles. The van der Waals surface area contributed by atoms with Gasteiger partial charge in [-0.3, -0.25) is 14.6 Å². The fourth-order valence-electron chi connectivity index (χ4n) is 3.81. The quantitative estimate of drug-likeness (QED) is 0.458. The number of thiazole rings is 1. The summed E-state index contributed by atoms with van der Waals surface area (Å²) in [6, 6.07) is 9.09. The summed E-state index contributed by atoms with van der Waals surface area (Å²) < 4.78 is 17.3. The van der Waals surface area contributed by atoms with Gasteiger partial charge in [-0.25, -0.2) is 4.98 Å². The molecule has 0 atom stereocenters. The van der Waals surface area contributed by atoms with Gasteiger partial charge in [0.15, 0.2) is 16.6 Å². The lowest BCUT2D eigenvalue weighted by Gasteiger charge is -2.29. The van der Waals surface area contributed by atoms with E-state index in [1.54, 1.807) is 30.2 Å². The number of carbonyl (C=O) groups is 1. The number of fused-ring (bicyclic) bond motifs is 1. The zero-order valence-corrected chi connectivity index (χ0v) is 21.2. The van der Waals surface area contributed by atoms with E-state index in [2.05, 4.69) is 4.90 Å². The second-order valence-corrected chi connectivity index (χ2v) is 8.96. The van der Waals surface area contributed by atoms with E-state index in [1.807, 2.05) is 19.1 Å². The molecule has 7 nitrogen and oxygen atoms in total. The van der Waals surface area contributed by atoms with Crippen molar-refractivity contribution in [2.45, 2.75) is 6.92 Å². The Hall–Kier alpha value is -2.10. The van der Waals surface area contributed by atoms with Gasteiger partial charge in [0.25, 0.3) is 5.91 Å². The third kappa shape index (κ3) is 5.53. The summed E-state index contributed by atoms with van der Waals surface area (Å²) >= 11 is 7.72. The summed E-state index contributed by atoms with van der Waals surface area (Å²) in [6.07, 6.45) is 0. The topological polar surface area (TPSA) is 64.1 Å². The van der Waals surface area contributed by atoms with Gasteiger partial charge in [-0.2, -0.15) is 0 Å². The second-order valence-electron chi connectivity index (χ2n) is 7.52. The highest BCUT2D eigenvalue weighted by molar-refractivity contribution is 7.22. The number of benzene rings is 2. The van der Waals surface area contributed by atoms with Gasteiger partial charge in [-0.1, -0.05) is 29.0 Å². The standard InChI is InChI=1S/C23H26ClN3O4S.ClH/c1-15-13-16(24)14-19-20(15)25-23(32-19)27(8-7-26-9-11-31-12-10-26)22(28)17-5-4-6-18(29-2)21(17)30-3;/h4-6,13-14H,7-12H2,1-3H3;1H. The zero-order valence-electron chi connectivity index (χ0n) is 18.8. The average Bonchev–Trinajstić information content (AvgIpc) is 3.23. The lowest BCUT2D eigenvalue weighted by Crippen LogP contribution is -2.43. The highest BCUT2D eigenvalue weighted by atomic mass is 35.5. The van der Waals surface area contributed by atoms with Crippen LogP contribution in [0.5, 0.6) is 11.5 Å². The van der Waals surface area contributed by atoms with Crippen molar-refractivity contribution in [1.82, 2.24) is 9.88 Å². The highest BCUT2D eigenvalue weighted by Crippen LogP contribution is 2.36. The van der Waals surface area contributed by atoms with E-state index in [9.17, 15) is 4.79 Å². The summed E-state index contributed by atoms with van der Waals surface area (Å²) in [4.78, 5) is 22.6. The van der Waals surface area contributed by atoms with Gasteiger partial charge in [0.1, 0.15) is 0 Å². The van der Waals surface area contributed by atoms with Gasteiger partial charge in [-0.05, 0) is 36.8 Å². The van der Waals surface area contributed by atoms with Crippen molar-refractivity contribution in [3.05, 3.63) is 46.5 Å². The summed E-state index contributed by atoms with van der Waals surface area (Å²) in [6.45, 7) is 6.29. The number of hydrogen-bond donors (Lipinski definition) is 0. The molecule has 0 bridgehead atoms. The van der Waals surface area contributed by atoms with E-state index in [1.165, 1.54) is 18.4 Å². The minimum absolute atomic E-state index is 0. The van der Waals surface area contributed by atoms with E-state index in [0.29, 0.717) is 47.0 Å². The maximum atomic E-state index is 13.8. The molecule has 1 aliphatic rings. The van der Waals surface area contributed by atoms with Crippen LogP contribution in [0.3, 0.4) is 0 Å². The number of aryl methyl sites for hydroxylation is 1.